The second kappa shape index (κ2) is 5.45. The molecule has 1 atom stereocenters. The van der Waals surface area contributed by atoms with Crippen LogP contribution in [0.4, 0.5) is 5.69 Å². The molecule has 0 spiro atoms. The van der Waals surface area contributed by atoms with Crippen LogP contribution in [0.5, 0.6) is 0 Å². The van der Waals surface area contributed by atoms with E-state index in [1.807, 2.05) is 0 Å². The van der Waals surface area contributed by atoms with Gasteiger partial charge in [0.15, 0.2) is 0 Å². The monoisotopic (exact) mass is 325 g/mol. The van der Waals surface area contributed by atoms with Crippen LogP contribution < -0.4 is 5.73 Å². The lowest BCUT2D eigenvalue weighted by molar-refractivity contribution is -0.385. The van der Waals surface area contributed by atoms with Crippen molar-refractivity contribution in [2.75, 3.05) is 0 Å². The largest absolute Gasteiger partial charge is 0.323 e. The number of hydrogen-bond donors (Lipinski definition) is 1. The second-order valence-corrected chi connectivity index (χ2v) is 5.08. The zero-order valence-corrected chi connectivity index (χ0v) is 11.7. The van der Waals surface area contributed by atoms with Crippen molar-refractivity contribution >= 4 is 21.6 Å². The van der Waals surface area contributed by atoms with Crippen LogP contribution in [-0.4, -0.2) is 19.9 Å². The molecule has 7 nitrogen and oxygen atoms in total. The standard InChI is InChI=1S/C11H12BrN5O2/c1-7(13)10-6-16(15-14-10)5-8-2-3-9(12)4-11(8)17(18)19/h2-4,6-7H,5,13H2,1H3. The predicted molar refractivity (Wildman–Crippen MR) is 72.5 cm³/mol. The SMILES string of the molecule is CC(N)c1cn(Cc2ccc(Br)cc2[N+](=O)[O-])nn1. The minimum Gasteiger partial charge on any atom is -0.323 e. The van der Waals surface area contributed by atoms with Gasteiger partial charge in [0.1, 0.15) is 0 Å². The maximum absolute atomic E-state index is 11.0. The van der Waals surface area contributed by atoms with Gasteiger partial charge in [0, 0.05) is 16.6 Å². The van der Waals surface area contributed by atoms with Crippen LogP contribution in [0.2, 0.25) is 0 Å². The summed E-state index contributed by atoms with van der Waals surface area (Å²) in [5.74, 6) is 0. The number of nitro groups is 1. The van der Waals surface area contributed by atoms with Gasteiger partial charge in [-0.1, -0.05) is 21.1 Å². The van der Waals surface area contributed by atoms with Crippen molar-refractivity contribution in [3.63, 3.8) is 0 Å². The molecule has 0 bridgehead atoms. The maximum atomic E-state index is 11.0. The number of nitrogens with two attached hydrogens (primary N) is 1. The lowest BCUT2D eigenvalue weighted by Crippen LogP contribution is -2.05. The molecule has 1 aromatic carbocycles. The average Bonchev–Trinajstić information content (AvgIpc) is 2.80. The van der Waals surface area contributed by atoms with Crippen molar-refractivity contribution in [3.8, 4) is 0 Å². The van der Waals surface area contributed by atoms with Crippen molar-refractivity contribution in [3.05, 3.63) is 50.2 Å². The number of rotatable bonds is 4. The summed E-state index contributed by atoms with van der Waals surface area (Å²) in [5, 5.41) is 18.8. The average molecular weight is 326 g/mol. The highest BCUT2D eigenvalue weighted by atomic mass is 79.9. The summed E-state index contributed by atoms with van der Waals surface area (Å²) in [6, 6.07) is 4.70. The molecule has 19 heavy (non-hydrogen) atoms. The zero-order valence-electron chi connectivity index (χ0n) is 10.2. The first-order valence-corrected chi connectivity index (χ1v) is 6.35. The molecule has 8 heteroatoms. The summed E-state index contributed by atoms with van der Waals surface area (Å²) in [6.45, 7) is 2.08. The van der Waals surface area contributed by atoms with Gasteiger partial charge in [-0.2, -0.15) is 0 Å². The third-order valence-electron chi connectivity index (χ3n) is 2.60. The molecule has 0 saturated carbocycles. The van der Waals surface area contributed by atoms with Crippen LogP contribution in [0.25, 0.3) is 0 Å². The molecular weight excluding hydrogens is 314 g/mol. The number of halogens is 1. The summed E-state index contributed by atoms with van der Waals surface area (Å²) < 4.78 is 2.20. The Morgan fingerprint density at radius 2 is 2.32 bits per heavy atom. The third kappa shape index (κ3) is 3.15. The van der Waals surface area contributed by atoms with Gasteiger partial charge in [0.05, 0.1) is 28.9 Å². The summed E-state index contributed by atoms with van der Waals surface area (Å²) in [6.07, 6.45) is 1.69. The van der Waals surface area contributed by atoms with Crippen LogP contribution in [0.15, 0.2) is 28.9 Å². The summed E-state index contributed by atoms with van der Waals surface area (Å²) in [7, 11) is 0. The molecule has 0 aliphatic rings. The number of benzene rings is 1. The van der Waals surface area contributed by atoms with E-state index >= 15 is 0 Å². The van der Waals surface area contributed by atoms with Crippen molar-refractivity contribution in [2.24, 2.45) is 5.73 Å². The Hall–Kier alpha value is -1.80. The maximum Gasteiger partial charge on any atom is 0.275 e. The molecule has 0 aliphatic heterocycles. The predicted octanol–water partition coefficient (Wildman–Crippen LogP) is 2.02. The fourth-order valence-electron chi connectivity index (χ4n) is 1.61. The fraction of sp³-hybridized carbons (Fsp3) is 0.273. The number of hydrogen-bond acceptors (Lipinski definition) is 5. The van der Waals surface area contributed by atoms with E-state index in [-0.39, 0.29) is 18.3 Å². The van der Waals surface area contributed by atoms with E-state index in [2.05, 4.69) is 26.2 Å². The summed E-state index contributed by atoms with van der Waals surface area (Å²) in [5.41, 5.74) is 6.95. The molecule has 0 amide bonds. The molecule has 0 aliphatic carbocycles. The number of aromatic nitrogens is 3. The van der Waals surface area contributed by atoms with Crippen LogP contribution in [0, 0.1) is 10.1 Å². The van der Waals surface area contributed by atoms with E-state index in [0.29, 0.717) is 15.7 Å². The molecule has 0 fully saturated rings. The summed E-state index contributed by atoms with van der Waals surface area (Å²) in [4.78, 5) is 10.6. The lowest BCUT2D eigenvalue weighted by atomic mass is 10.2. The van der Waals surface area contributed by atoms with Gasteiger partial charge in [0.2, 0.25) is 0 Å². The van der Waals surface area contributed by atoms with E-state index in [1.54, 1.807) is 25.3 Å². The third-order valence-corrected chi connectivity index (χ3v) is 3.09. The molecule has 1 aromatic heterocycles. The van der Waals surface area contributed by atoms with E-state index in [9.17, 15) is 10.1 Å². The number of nitro benzene ring substituents is 1. The Morgan fingerprint density at radius 3 is 2.89 bits per heavy atom. The Labute approximate surface area is 117 Å². The minimum absolute atomic E-state index is 0.0484. The normalized spacial score (nSPS) is 12.4. The molecule has 0 radical (unpaired) electrons. The van der Waals surface area contributed by atoms with Crippen molar-refractivity contribution in [1.29, 1.82) is 0 Å². The highest BCUT2D eigenvalue weighted by Gasteiger charge is 2.15. The smallest absolute Gasteiger partial charge is 0.275 e. The van der Waals surface area contributed by atoms with Gasteiger partial charge in [-0.15, -0.1) is 5.10 Å². The highest BCUT2D eigenvalue weighted by molar-refractivity contribution is 9.10. The Bertz CT molecular complexity index is 611. The summed E-state index contributed by atoms with van der Waals surface area (Å²) >= 11 is 3.22. The van der Waals surface area contributed by atoms with Crippen molar-refractivity contribution < 1.29 is 4.92 Å². The number of nitrogens with zero attached hydrogens (tertiary/aromatic N) is 4. The van der Waals surface area contributed by atoms with Gasteiger partial charge < -0.3 is 5.73 Å². The zero-order chi connectivity index (χ0) is 14.0. The first-order chi connectivity index (χ1) is 8.97. The van der Waals surface area contributed by atoms with Crippen LogP contribution >= 0.6 is 15.9 Å². The van der Waals surface area contributed by atoms with E-state index in [1.165, 1.54) is 10.7 Å². The Morgan fingerprint density at radius 1 is 1.58 bits per heavy atom. The van der Waals surface area contributed by atoms with Crippen molar-refractivity contribution in [1.82, 2.24) is 15.0 Å². The molecule has 0 saturated heterocycles. The molecule has 2 N–H and O–H groups in total. The van der Waals surface area contributed by atoms with E-state index in [4.69, 9.17) is 5.73 Å². The first kappa shape index (κ1) is 13.6. The second-order valence-electron chi connectivity index (χ2n) is 4.16. The van der Waals surface area contributed by atoms with Crippen LogP contribution in [-0.2, 0) is 6.54 Å². The quantitative estimate of drug-likeness (QED) is 0.684. The van der Waals surface area contributed by atoms with Crippen molar-refractivity contribution in [2.45, 2.75) is 19.5 Å². The Balaban J connectivity index is 2.29. The fourth-order valence-corrected chi connectivity index (χ4v) is 1.96. The van der Waals surface area contributed by atoms with Crippen LogP contribution in [0.1, 0.15) is 24.2 Å². The first-order valence-electron chi connectivity index (χ1n) is 5.56. The van der Waals surface area contributed by atoms with Gasteiger partial charge in [-0.05, 0) is 19.1 Å². The minimum atomic E-state index is -0.413. The molecule has 1 unspecified atom stereocenters. The molecular formula is C11H12BrN5O2. The van der Waals surface area contributed by atoms with Gasteiger partial charge >= 0.3 is 0 Å². The highest BCUT2D eigenvalue weighted by Crippen LogP contribution is 2.24. The lowest BCUT2D eigenvalue weighted by Gasteiger charge is -2.03. The molecule has 1 heterocycles. The topological polar surface area (TPSA) is 99.9 Å². The molecule has 2 aromatic rings. The van der Waals surface area contributed by atoms with E-state index < -0.39 is 4.92 Å². The van der Waals surface area contributed by atoms with Gasteiger partial charge in [-0.25, -0.2) is 4.68 Å². The molecule has 100 valence electrons. The van der Waals surface area contributed by atoms with Gasteiger partial charge in [-0.3, -0.25) is 10.1 Å². The Kier molecular flexibility index (Phi) is 3.91. The van der Waals surface area contributed by atoms with Crippen LogP contribution in [0.3, 0.4) is 0 Å². The van der Waals surface area contributed by atoms with Gasteiger partial charge in [0.25, 0.3) is 5.69 Å². The molecule has 2 rings (SSSR count). The van der Waals surface area contributed by atoms with E-state index in [0.717, 1.165) is 0 Å².